The van der Waals surface area contributed by atoms with Gasteiger partial charge in [-0.05, 0) is 32.2 Å². The van der Waals surface area contributed by atoms with Crippen LogP contribution in [0.4, 0.5) is 0 Å². The molecule has 6 heteroatoms. The van der Waals surface area contributed by atoms with Crippen molar-refractivity contribution in [1.29, 1.82) is 0 Å². The molecule has 0 fully saturated rings. The fourth-order valence-corrected chi connectivity index (χ4v) is 1.63. The first-order valence-corrected chi connectivity index (χ1v) is 6.92. The summed E-state index contributed by atoms with van der Waals surface area (Å²) in [6, 6.07) is -0.770. The number of nitrogens with one attached hydrogen (secondary N) is 1. The molecule has 0 heterocycles. The summed E-state index contributed by atoms with van der Waals surface area (Å²) in [7, 11) is 0. The van der Waals surface area contributed by atoms with Crippen molar-refractivity contribution >= 4 is 34.5 Å². The van der Waals surface area contributed by atoms with Crippen LogP contribution >= 0.6 is 22.6 Å². The Hall–Kier alpha value is -0.370. The van der Waals surface area contributed by atoms with Gasteiger partial charge in [0, 0.05) is 10.8 Å². The normalized spacial score (nSPS) is 12.1. The fourth-order valence-electron chi connectivity index (χ4n) is 1.24. The molecule has 0 saturated carbocycles. The van der Waals surface area contributed by atoms with Gasteiger partial charge in [-0.15, -0.1) is 0 Å². The van der Waals surface area contributed by atoms with E-state index in [2.05, 4.69) is 27.9 Å². The molecule has 0 aromatic rings. The maximum atomic E-state index is 11.3. The summed E-state index contributed by atoms with van der Waals surface area (Å²) in [5.41, 5.74) is 5.32. The van der Waals surface area contributed by atoms with Crippen LogP contribution in [0.3, 0.4) is 0 Å². The summed E-state index contributed by atoms with van der Waals surface area (Å²) in [4.78, 5) is 22.2. The van der Waals surface area contributed by atoms with E-state index in [0.29, 0.717) is 19.4 Å². The number of halogens is 1. The second-order valence-electron chi connectivity index (χ2n) is 3.54. The van der Waals surface area contributed by atoms with Gasteiger partial charge >= 0.3 is 5.97 Å². The number of hydrogen-bond donors (Lipinski definition) is 3. The van der Waals surface area contributed by atoms with Crippen LogP contribution in [-0.4, -0.2) is 34.0 Å². The molecule has 0 aliphatic rings. The molecule has 0 aromatic heterocycles. The van der Waals surface area contributed by atoms with Crippen molar-refractivity contribution < 1.29 is 14.7 Å². The van der Waals surface area contributed by atoms with Crippen LogP contribution in [0.2, 0.25) is 0 Å². The summed E-state index contributed by atoms with van der Waals surface area (Å²) in [6.45, 7) is 0.551. The quantitative estimate of drug-likeness (QED) is 0.330. The highest BCUT2D eigenvalue weighted by molar-refractivity contribution is 14.1. The monoisotopic (exact) mass is 342 g/mol. The van der Waals surface area contributed by atoms with E-state index >= 15 is 0 Å². The molecule has 16 heavy (non-hydrogen) atoms. The molecule has 0 unspecified atom stereocenters. The number of nitrogens with two attached hydrogens (primary N) is 1. The molecule has 5 nitrogen and oxygen atoms in total. The van der Waals surface area contributed by atoms with Crippen LogP contribution in [0.5, 0.6) is 0 Å². The number of hydrogen-bond acceptors (Lipinski definition) is 3. The second kappa shape index (κ2) is 9.83. The molecule has 1 atom stereocenters. The van der Waals surface area contributed by atoms with Gasteiger partial charge in [-0.1, -0.05) is 22.6 Å². The molecule has 0 spiro atoms. The Bertz CT molecular complexity index is 224. The lowest BCUT2D eigenvalue weighted by molar-refractivity contribution is -0.142. The third kappa shape index (κ3) is 7.86. The highest BCUT2D eigenvalue weighted by atomic mass is 127. The highest BCUT2D eigenvalue weighted by Crippen LogP contribution is 2.02. The first-order chi connectivity index (χ1) is 7.61. The zero-order valence-electron chi connectivity index (χ0n) is 9.25. The summed E-state index contributed by atoms with van der Waals surface area (Å²) >= 11 is 2.19. The minimum absolute atomic E-state index is 0.184. The lowest BCUT2D eigenvalue weighted by Gasteiger charge is -2.13. The molecule has 0 rings (SSSR count). The van der Waals surface area contributed by atoms with E-state index < -0.39 is 12.0 Å². The Morgan fingerprint density at radius 3 is 2.50 bits per heavy atom. The van der Waals surface area contributed by atoms with E-state index in [-0.39, 0.29) is 5.91 Å². The number of carbonyl (C=O) groups excluding carboxylic acids is 1. The highest BCUT2D eigenvalue weighted by Gasteiger charge is 2.18. The maximum Gasteiger partial charge on any atom is 0.326 e. The predicted octanol–water partition coefficient (Wildman–Crippen LogP) is 0.900. The molecule has 94 valence electrons. The molecule has 1 amide bonds. The minimum Gasteiger partial charge on any atom is -0.480 e. The first kappa shape index (κ1) is 15.6. The SMILES string of the molecule is NCCCC[C@H](NC(=O)CCCI)C(=O)O. The van der Waals surface area contributed by atoms with Gasteiger partial charge in [0.05, 0.1) is 0 Å². The van der Waals surface area contributed by atoms with Gasteiger partial charge < -0.3 is 16.2 Å². The average Bonchev–Trinajstić information content (AvgIpc) is 2.25. The van der Waals surface area contributed by atoms with E-state index in [1.165, 1.54) is 0 Å². The lowest BCUT2D eigenvalue weighted by atomic mass is 10.1. The van der Waals surface area contributed by atoms with Crippen LogP contribution < -0.4 is 11.1 Å². The lowest BCUT2D eigenvalue weighted by Crippen LogP contribution is -2.40. The molecule has 0 aliphatic carbocycles. The second-order valence-corrected chi connectivity index (χ2v) is 4.61. The largest absolute Gasteiger partial charge is 0.480 e. The van der Waals surface area contributed by atoms with Gasteiger partial charge in [-0.25, -0.2) is 4.79 Å². The van der Waals surface area contributed by atoms with Crippen molar-refractivity contribution in [3.05, 3.63) is 0 Å². The molecular formula is C10H19IN2O3. The Morgan fingerprint density at radius 1 is 1.31 bits per heavy atom. The van der Waals surface area contributed by atoms with Crippen molar-refractivity contribution in [3.63, 3.8) is 0 Å². The first-order valence-electron chi connectivity index (χ1n) is 5.40. The Labute approximate surface area is 109 Å². The fraction of sp³-hybridized carbons (Fsp3) is 0.800. The number of aliphatic carboxylic acids is 1. The molecular weight excluding hydrogens is 323 g/mol. The van der Waals surface area contributed by atoms with E-state index in [4.69, 9.17) is 10.8 Å². The number of amides is 1. The summed E-state index contributed by atoms with van der Waals surface area (Å²) in [6.07, 6.45) is 3.13. The van der Waals surface area contributed by atoms with Crippen molar-refractivity contribution in [2.24, 2.45) is 5.73 Å². The zero-order chi connectivity index (χ0) is 12.4. The van der Waals surface area contributed by atoms with Gasteiger partial charge in [0.15, 0.2) is 0 Å². The number of carbonyl (C=O) groups is 2. The molecule has 0 saturated heterocycles. The van der Waals surface area contributed by atoms with Crippen molar-refractivity contribution in [1.82, 2.24) is 5.32 Å². The van der Waals surface area contributed by atoms with Gasteiger partial charge in [0.2, 0.25) is 5.91 Å². The molecule has 0 bridgehead atoms. The van der Waals surface area contributed by atoms with Gasteiger partial charge in [-0.2, -0.15) is 0 Å². The number of alkyl halides is 1. The summed E-state index contributed by atoms with van der Waals surface area (Å²) in [5, 5.41) is 11.4. The van der Waals surface area contributed by atoms with Crippen LogP contribution in [-0.2, 0) is 9.59 Å². The minimum atomic E-state index is -0.972. The Balaban J connectivity index is 3.92. The number of carboxylic acid groups (broad SMARTS) is 1. The molecule has 4 N–H and O–H groups in total. The topological polar surface area (TPSA) is 92.4 Å². The Kier molecular flexibility index (Phi) is 9.60. The number of carboxylic acids is 1. The van der Waals surface area contributed by atoms with Crippen LogP contribution in [0.15, 0.2) is 0 Å². The van der Waals surface area contributed by atoms with Gasteiger partial charge in [0.25, 0.3) is 0 Å². The van der Waals surface area contributed by atoms with Crippen LogP contribution in [0, 0.1) is 0 Å². The zero-order valence-corrected chi connectivity index (χ0v) is 11.4. The van der Waals surface area contributed by atoms with Crippen LogP contribution in [0.1, 0.15) is 32.1 Å². The van der Waals surface area contributed by atoms with Gasteiger partial charge in [0.1, 0.15) is 6.04 Å². The standard InChI is InChI=1S/C10H19IN2O3/c11-6-3-5-9(14)13-8(10(15)16)4-1-2-7-12/h8H,1-7,12H2,(H,13,14)(H,15,16)/t8-/m0/s1. The third-order valence-electron chi connectivity index (χ3n) is 2.12. The third-order valence-corrected chi connectivity index (χ3v) is 2.88. The van der Waals surface area contributed by atoms with Gasteiger partial charge in [-0.3, -0.25) is 4.79 Å². The maximum absolute atomic E-state index is 11.3. The Morgan fingerprint density at radius 2 is 2.00 bits per heavy atom. The average molecular weight is 342 g/mol. The summed E-state index contributed by atoms with van der Waals surface area (Å²) < 4.78 is 0.899. The molecule has 0 aromatic carbocycles. The van der Waals surface area contributed by atoms with E-state index in [0.717, 1.165) is 23.7 Å². The smallest absolute Gasteiger partial charge is 0.326 e. The van der Waals surface area contributed by atoms with Crippen molar-refractivity contribution in [2.75, 3.05) is 11.0 Å². The van der Waals surface area contributed by atoms with E-state index in [1.807, 2.05) is 0 Å². The van der Waals surface area contributed by atoms with Crippen molar-refractivity contribution in [3.8, 4) is 0 Å². The number of rotatable bonds is 9. The van der Waals surface area contributed by atoms with E-state index in [1.54, 1.807) is 0 Å². The van der Waals surface area contributed by atoms with Crippen LogP contribution in [0.25, 0.3) is 0 Å². The van der Waals surface area contributed by atoms with Crippen molar-refractivity contribution in [2.45, 2.75) is 38.1 Å². The molecule has 0 radical (unpaired) electrons. The summed E-state index contributed by atoms with van der Waals surface area (Å²) in [5.74, 6) is -1.16. The predicted molar refractivity (Wildman–Crippen MR) is 70.6 cm³/mol. The van der Waals surface area contributed by atoms with E-state index in [9.17, 15) is 9.59 Å². The number of unbranched alkanes of at least 4 members (excludes halogenated alkanes) is 1. The molecule has 0 aliphatic heterocycles.